The second-order valence-corrected chi connectivity index (χ2v) is 10.4. The van der Waals surface area contributed by atoms with Gasteiger partial charge >= 0.3 is 0 Å². The second kappa shape index (κ2) is 8.56. The molecule has 1 spiro atoms. The van der Waals surface area contributed by atoms with Crippen LogP contribution in [0.1, 0.15) is 32.4 Å². The van der Waals surface area contributed by atoms with Crippen molar-refractivity contribution in [2.45, 2.75) is 11.7 Å². The lowest BCUT2D eigenvalue weighted by Crippen LogP contribution is -2.51. The Morgan fingerprint density at radius 3 is 1.82 bits per heavy atom. The Kier molecular flexibility index (Phi) is 5.20. The van der Waals surface area contributed by atoms with Crippen molar-refractivity contribution in [2.75, 3.05) is 4.90 Å². The number of fused-ring (bicyclic) bond motifs is 3. The van der Waals surface area contributed by atoms with Crippen molar-refractivity contribution >= 4 is 40.7 Å². The number of carbonyl (C=O) groups excluding carboxylic acids is 4. The summed E-state index contributed by atoms with van der Waals surface area (Å²) in [5.74, 6) is -4.66. The first kappa shape index (κ1) is 23.7. The van der Waals surface area contributed by atoms with E-state index in [0.29, 0.717) is 16.3 Å². The number of imide groups is 1. The number of rotatable bonds is 3. The van der Waals surface area contributed by atoms with Crippen LogP contribution in [0, 0.1) is 11.8 Å². The molecule has 39 heavy (non-hydrogen) atoms. The number of carbonyl (C=O) groups is 4. The zero-order valence-corrected chi connectivity index (χ0v) is 21.2. The monoisotopic (exact) mass is 533 g/mol. The van der Waals surface area contributed by atoms with Crippen LogP contribution in [-0.4, -0.2) is 29.0 Å². The first-order valence-corrected chi connectivity index (χ1v) is 12.9. The van der Waals surface area contributed by atoms with Gasteiger partial charge in [0.2, 0.25) is 29.0 Å². The third kappa shape index (κ3) is 3.25. The van der Waals surface area contributed by atoms with E-state index in [4.69, 9.17) is 16.3 Å². The van der Waals surface area contributed by atoms with Gasteiger partial charge in [0, 0.05) is 16.1 Å². The highest BCUT2D eigenvalue weighted by atomic mass is 35.5. The molecule has 0 N–H and O–H groups in total. The van der Waals surface area contributed by atoms with Gasteiger partial charge in [0.1, 0.15) is 0 Å². The molecule has 2 amide bonds. The molecule has 7 heteroatoms. The number of amides is 2. The van der Waals surface area contributed by atoms with E-state index in [2.05, 4.69) is 0 Å². The summed E-state index contributed by atoms with van der Waals surface area (Å²) in [5, 5.41) is 0.484. The Hall–Kier alpha value is -4.39. The Labute approximate surface area is 228 Å². The SMILES string of the molecule is O=C1[C@@H]2[C@@H](c3ccc(Cl)cc3)OC3(C(=O)c4ccccc4C3=O)[C@@H]2C(=O)N1c1ccc(-c2ccccc2)cc1. The fraction of sp³-hybridized carbons (Fsp3) is 0.125. The summed E-state index contributed by atoms with van der Waals surface area (Å²) in [6.07, 6.45) is -0.987. The van der Waals surface area contributed by atoms with E-state index in [1.54, 1.807) is 60.7 Å². The number of benzene rings is 4. The number of halogens is 1. The van der Waals surface area contributed by atoms with Gasteiger partial charge in [-0.1, -0.05) is 90.5 Å². The largest absolute Gasteiger partial charge is 0.349 e. The number of Topliss-reactive ketones (excluding diaryl/α,β-unsaturated/α-hetero) is 2. The highest BCUT2D eigenvalue weighted by Gasteiger charge is 2.74. The number of nitrogens with zero attached hydrogens (tertiary/aromatic N) is 1. The van der Waals surface area contributed by atoms with E-state index >= 15 is 0 Å². The lowest BCUT2D eigenvalue weighted by atomic mass is 9.77. The minimum atomic E-state index is -2.11. The smallest absolute Gasteiger partial charge is 0.241 e. The molecule has 1 aliphatic carbocycles. The number of ether oxygens (including phenoxy) is 1. The third-order valence-electron chi connectivity index (χ3n) is 7.95. The maximum atomic E-state index is 14.1. The lowest BCUT2D eigenvalue weighted by molar-refractivity contribution is -0.127. The molecule has 4 aromatic rings. The average Bonchev–Trinajstić information content (AvgIpc) is 3.54. The molecular formula is C32H20ClNO5. The van der Waals surface area contributed by atoms with Crippen LogP contribution in [0.4, 0.5) is 5.69 Å². The van der Waals surface area contributed by atoms with Gasteiger partial charge in [-0.05, 0) is 41.0 Å². The fourth-order valence-electron chi connectivity index (χ4n) is 6.16. The fourth-order valence-corrected chi connectivity index (χ4v) is 6.28. The molecule has 2 saturated heterocycles. The van der Waals surface area contributed by atoms with Crippen LogP contribution in [0.15, 0.2) is 103 Å². The van der Waals surface area contributed by atoms with Crippen molar-refractivity contribution in [3.05, 3.63) is 125 Å². The van der Waals surface area contributed by atoms with Crippen LogP contribution in [0.5, 0.6) is 0 Å². The molecule has 7 rings (SSSR count). The number of anilines is 1. The predicted molar refractivity (Wildman–Crippen MR) is 144 cm³/mol. The molecule has 6 nitrogen and oxygen atoms in total. The van der Waals surface area contributed by atoms with Crippen LogP contribution in [0.25, 0.3) is 11.1 Å². The van der Waals surface area contributed by atoms with Gasteiger partial charge in [0.25, 0.3) is 0 Å². The number of ketones is 2. The molecule has 0 bridgehead atoms. The summed E-state index contributed by atoms with van der Waals surface area (Å²) in [5.41, 5.74) is 1.14. The molecule has 190 valence electrons. The first-order valence-electron chi connectivity index (χ1n) is 12.6. The van der Waals surface area contributed by atoms with Crippen LogP contribution >= 0.6 is 11.6 Å². The summed E-state index contributed by atoms with van der Waals surface area (Å²) in [4.78, 5) is 56.9. The summed E-state index contributed by atoms with van der Waals surface area (Å²) in [6.45, 7) is 0. The molecule has 2 heterocycles. The third-order valence-corrected chi connectivity index (χ3v) is 8.20. The normalized spacial score (nSPS) is 23.0. The predicted octanol–water partition coefficient (Wildman–Crippen LogP) is 5.70. The summed E-state index contributed by atoms with van der Waals surface area (Å²) in [7, 11) is 0. The standard InChI is InChI=1S/C32H20ClNO5/c33-21-14-10-20(11-15-21)27-25-26(32(39-27)28(35)23-8-4-5-9-24(23)29(32)36)31(38)34(30(25)37)22-16-12-19(13-17-22)18-6-2-1-3-7-18/h1-17,25-27H/t25-,26-,27+/m0/s1. The molecule has 3 aliphatic rings. The Morgan fingerprint density at radius 2 is 1.21 bits per heavy atom. The summed E-state index contributed by atoms with van der Waals surface area (Å²) < 4.78 is 6.30. The summed E-state index contributed by atoms with van der Waals surface area (Å²) >= 11 is 6.09. The van der Waals surface area contributed by atoms with E-state index in [0.717, 1.165) is 16.0 Å². The molecule has 4 aromatic carbocycles. The zero-order valence-electron chi connectivity index (χ0n) is 20.4. The van der Waals surface area contributed by atoms with E-state index in [-0.39, 0.29) is 11.1 Å². The van der Waals surface area contributed by atoms with Crippen molar-refractivity contribution in [1.82, 2.24) is 0 Å². The lowest BCUT2D eigenvalue weighted by Gasteiger charge is -2.27. The zero-order chi connectivity index (χ0) is 26.9. The highest BCUT2D eigenvalue weighted by Crippen LogP contribution is 2.57. The Morgan fingerprint density at radius 1 is 0.641 bits per heavy atom. The highest BCUT2D eigenvalue weighted by molar-refractivity contribution is 6.37. The van der Waals surface area contributed by atoms with Crippen LogP contribution in [-0.2, 0) is 14.3 Å². The van der Waals surface area contributed by atoms with Crippen molar-refractivity contribution < 1.29 is 23.9 Å². The average molecular weight is 534 g/mol. The van der Waals surface area contributed by atoms with Gasteiger partial charge in [0.15, 0.2) is 0 Å². The quantitative estimate of drug-likeness (QED) is 0.249. The topological polar surface area (TPSA) is 80.8 Å². The van der Waals surface area contributed by atoms with Crippen molar-refractivity contribution in [3.8, 4) is 11.1 Å². The van der Waals surface area contributed by atoms with Gasteiger partial charge < -0.3 is 4.74 Å². The molecule has 0 radical (unpaired) electrons. The molecule has 3 atom stereocenters. The molecule has 0 unspecified atom stereocenters. The van der Waals surface area contributed by atoms with Gasteiger partial charge in [0.05, 0.1) is 23.6 Å². The number of hydrogen-bond acceptors (Lipinski definition) is 5. The van der Waals surface area contributed by atoms with Gasteiger partial charge in [-0.2, -0.15) is 0 Å². The maximum absolute atomic E-state index is 14.1. The van der Waals surface area contributed by atoms with E-state index < -0.39 is 46.9 Å². The molecule has 0 aromatic heterocycles. The Bertz CT molecular complexity index is 1650. The second-order valence-electron chi connectivity index (χ2n) is 9.96. The number of hydrogen-bond donors (Lipinski definition) is 0. The van der Waals surface area contributed by atoms with Crippen LogP contribution in [0.3, 0.4) is 0 Å². The molecule has 0 saturated carbocycles. The Balaban J connectivity index is 1.34. The van der Waals surface area contributed by atoms with E-state index in [1.807, 2.05) is 42.5 Å². The maximum Gasteiger partial charge on any atom is 0.241 e. The van der Waals surface area contributed by atoms with Crippen LogP contribution < -0.4 is 4.90 Å². The molecular weight excluding hydrogens is 514 g/mol. The minimum absolute atomic E-state index is 0.198. The van der Waals surface area contributed by atoms with E-state index in [1.165, 1.54) is 0 Å². The summed E-state index contributed by atoms with van der Waals surface area (Å²) in [6, 6.07) is 29.9. The molecule has 2 aliphatic heterocycles. The van der Waals surface area contributed by atoms with Crippen molar-refractivity contribution in [3.63, 3.8) is 0 Å². The van der Waals surface area contributed by atoms with Gasteiger partial charge in [-0.3, -0.25) is 19.2 Å². The first-order chi connectivity index (χ1) is 18.9. The van der Waals surface area contributed by atoms with E-state index in [9.17, 15) is 19.2 Å². The molecule has 2 fully saturated rings. The van der Waals surface area contributed by atoms with Crippen molar-refractivity contribution in [1.29, 1.82) is 0 Å². The van der Waals surface area contributed by atoms with Gasteiger partial charge in [-0.25, -0.2) is 4.90 Å². The van der Waals surface area contributed by atoms with Gasteiger partial charge in [-0.15, -0.1) is 0 Å². The van der Waals surface area contributed by atoms with Crippen molar-refractivity contribution in [2.24, 2.45) is 11.8 Å². The van der Waals surface area contributed by atoms with Crippen LogP contribution in [0.2, 0.25) is 5.02 Å². The minimum Gasteiger partial charge on any atom is -0.349 e.